The van der Waals surface area contributed by atoms with Gasteiger partial charge in [-0.15, -0.1) is 0 Å². The summed E-state index contributed by atoms with van der Waals surface area (Å²) < 4.78 is 0. The summed E-state index contributed by atoms with van der Waals surface area (Å²) in [6, 6.07) is 6.77. The van der Waals surface area contributed by atoms with Crippen molar-refractivity contribution in [3.63, 3.8) is 0 Å². The van der Waals surface area contributed by atoms with E-state index in [0.29, 0.717) is 5.92 Å². The number of fused-ring (bicyclic) bond motifs is 1. The largest absolute Gasteiger partial charge is 0.312 e. The molecule has 2 aliphatic heterocycles. The molecule has 0 aromatic heterocycles. The van der Waals surface area contributed by atoms with E-state index in [1.54, 1.807) is 11.1 Å². The van der Waals surface area contributed by atoms with Gasteiger partial charge in [-0.3, -0.25) is 0 Å². The van der Waals surface area contributed by atoms with Crippen LogP contribution in [0, 0.1) is 6.92 Å². The number of benzene rings is 1. The van der Waals surface area contributed by atoms with E-state index in [9.17, 15) is 0 Å². The predicted octanol–water partition coefficient (Wildman–Crippen LogP) is 1.89. The summed E-state index contributed by atoms with van der Waals surface area (Å²) in [5, 5.41) is 3.56. The molecule has 2 nitrogen and oxygen atoms in total. The minimum Gasteiger partial charge on any atom is -0.312 e. The highest BCUT2D eigenvalue weighted by atomic mass is 15.2. The first-order valence-corrected chi connectivity index (χ1v) is 6.36. The summed E-state index contributed by atoms with van der Waals surface area (Å²) in [5.41, 5.74) is 4.57. The lowest BCUT2D eigenvalue weighted by Crippen LogP contribution is -2.43. The predicted molar refractivity (Wildman–Crippen MR) is 66.7 cm³/mol. The maximum atomic E-state index is 3.56. The first kappa shape index (κ1) is 10.3. The number of hydrogen-bond acceptors (Lipinski definition) is 2. The third-order valence-corrected chi connectivity index (χ3v) is 4.01. The van der Waals surface area contributed by atoms with Gasteiger partial charge in [0.05, 0.1) is 0 Å². The molecule has 2 heterocycles. The van der Waals surface area contributed by atoms with Gasteiger partial charge in [-0.2, -0.15) is 0 Å². The number of nitrogens with one attached hydrogen (secondary N) is 1. The molecule has 0 saturated carbocycles. The highest BCUT2D eigenvalue weighted by Gasteiger charge is 2.25. The van der Waals surface area contributed by atoms with Gasteiger partial charge >= 0.3 is 0 Å². The highest BCUT2D eigenvalue weighted by Crippen LogP contribution is 2.28. The lowest BCUT2D eigenvalue weighted by molar-refractivity contribution is 0.167. The van der Waals surface area contributed by atoms with Crippen molar-refractivity contribution in [1.82, 2.24) is 10.2 Å². The zero-order valence-electron chi connectivity index (χ0n) is 10.00. The van der Waals surface area contributed by atoms with E-state index in [1.807, 2.05) is 0 Å². The Morgan fingerprint density at radius 3 is 3.00 bits per heavy atom. The van der Waals surface area contributed by atoms with Crippen LogP contribution >= 0.6 is 0 Å². The molecule has 2 heteroatoms. The first-order valence-electron chi connectivity index (χ1n) is 6.36. The molecule has 86 valence electrons. The van der Waals surface area contributed by atoms with E-state index in [4.69, 9.17) is 0 Å². The van der Waals surface area contributed by atoms with E-state index >= 15 is 0 Å². The molecule has 0 amide bonds. The minimum atomic E-state index is 0.698. The second kappa shape index (κ2) is 4.19. The summed E-state index contributed by atoms with van der Waals surface area (Å²) in [5.74, 6) is 0.698. The van der Waals surface area contributed by atoms with Crippen LogP contribution in [0.2, 0.25) is 0 Å². The average molecular weight is 216 g/mol. The van der Waals surface area contributed by atoms with Gasteiger partial charge in [0.2, 0.25) is 0 Å². The Kier molecular flexibility index (Phi) is 2.70. The van der Waals surface area contributed by atoms with E-state index in [2.05, 4.69) is 35.3 Å². The standard InChI is InChI=1S/C14H20N2/c1-11-4-2-5-13-12(8-15-9-14(11)13)10-16-6-3-7-16/h2,4-5,12,15H,3,6-10H2,1H3. The topological polar surface area (TPSA) is 15.3 Å². The molecule has 1 aromatic carbocycles. The Hall–Kier alpha value is -0.860. The zero-order chi connectivity index (χ0) is 11.0. The van der Waals surface area contributed by atoms with Crippen molar-refractivity contribution < 1.29 is 0 Å². The lowest BCUT2D eigenvalue weighted by atomic mass is 9.87. The molecular weight excluding hydrogens is 196 g/mol. The van der Waals surface area contributed by atoms with Crippen molar-refractivity contribution in [3.8, 4) is 0 Å². The second-order valence-electron chi connectivity index (χ2n) is 5.12. The Labute approximate surface area is 97.6 Å². The van der Waals surface area contributed by atoms with Gasteiger partial charge in [0.1, 0.15) is 0 Å². The van der Waals surface area contributed by atoms with Crippen molar-refractivity contribution in [2.45, 2.75) is 25.8 Å². The van der Waals surface area contributed by atoms with Crippen molar-refractivity contribution in [3.05, 3.63) is 34.9 Å². The number of nitrogens with zero attached hydrogens (tertiary/aromatic N) is 1. The van der Waals surface area contributed by atoms with Gasteiger partial charge < -0.3 is 10.2 Å². The van der Waals surface area contributed by atoms with Crippen LogP contribution < -0.4 is 5.32 Å². The molecule has 1 N–H and O–H groups in total. The number of rotatable bonds is 2. The van der Waals surface area contributed by atoms with Gasteiger partial charge in [-0.1, -0.05) is 18.2 Å². The second-order valence-corrected chi connectivity index (χ2v) is 5.12. The summed E-state index contributed by atoms with van der Waals surface area (Å²) in [4.78, 5) is 2.57. The Morgan fingerprint density at radius 2 is 2.25 bits per heavy atom. The van der Waals surface area contributed by atoms with Crippen molar-refractivity contribution in [1.29, 1.82) is 0 Å². The molecule has 16 heavy (non-hydrogen) atoms. The highest BCUT2D eigenvalue weighted by molar-refractivity contribution is 5.38. The SMILES string of the molecule is Cc1cccc2c1CNCC2CN1CCC1. The zero-order valence-corrected chi connectivity index (χ0v) is 10.00. The van der Waals surface area contributed by atoms with Crippen LogP contribution in [-0.4, -0.2) is 31.1 Å². The quantitative estimate of drug-likeness (QED) is 0.812. The molecule has 1 saturated heterocycles. The molecule has 0 aliphatic carbocycles. The summed E-state index contributed by atoms with van der Waals surface area (Å²) >= 11 is 0. The van der Waals surface area contributed by atoms with Gasteiger partial charge in [-0.25, -0.2) is 0 Å². The molecule has 1 aromatic rings. The molecule has 0 radical (unpaired) electrons. The van der Waals surface area contributed by atoms with Crippen LogP contribution in [-0.2, 0) is 6.54 Å². The lowest BCUT2D eigenvalue weighted by Gasteiger charge is -2.37. The van der Waals surface area contributed by atoms with Crippen LogP contribution in [0.1, 0.15) is 29.0 Å². The fourth-order valence-electron chi connectivity index (χ4n) is 2.87. The van der Waals surface area contributed by atoms with E-state index in [1.165, 1.54) is 31.6 Å². The molecule has 1 atom stereocenters. The Morgan fingerprint density at radius 1 is 1.38 bits per heavy atom. The molecule has 0 bridgehead atoms. The Balaban J connectivity index is 1.84. The van der Waals surface area contributed by atoms with Crippen LogP contribution in [0.25, 0.3) is 0 Å². The maximum Gasteiger partial charge on any atom is 0.0211 e. The maximum absolute atomic E-state index is 3.56. The third-order valence-electron chi connectivity index (χ3n) is 4.01. The Bertz CT molecular complexity index is 382. The van der Waals surface area contributed by atoms with Crippen LogP contribution in [0.3, 0.4) is 0 Å². The molecule has 2 aliphatic rings. The summed E-state index contributed by atoms with van der Waals surface area (Å²) in [7, 11) is 0. The van der Waals surface area contributed by atoms with Crippen LogP contribution in [0.15, 0.2) is 18.2 Å². The van der Waals surface area contributed by atoms with E-state index < -0.39 is 0 Å². The fraction of sp³-hybridized carbons (Fsp3) is 0.571. The molecule has 1 fully saturated rings. The monoisotopic (exact) mass is 216 g/mol. The van der Waals surface area contributed by atoms with Crippen LogP contribution in [0.4, 0.5) is 0 Å². The van der Waals surface area contributed by atoms with Gasteiger partial charge in [0, 0.05) is 25.6 Å². The number of hydrogen-bond donors (Lipinski definition) is 1. The average Bonchev–Trinajstić information content (AvgIpc) is 2.24. The molecule has 0 spiro atoms. The van der Waals surface area contributed by atoms with Crippen LogP contribution in [0.5, 0.6) is 0 Å². The number of likely N-dealkylation sites (tertiary alicyclic amines) is 1. The molecular formula is C14H20N2. The normalized spacial score (nSPS) is 24.9. The van der Waals surface area contributed by atoms with Crippen molar-refractivity contribution in [2.75, 3.05) is 26.2 Å². The molecule has 3 rings (SSSR count). The smallest absolute Gasteiger partial charge is 0.0211 e. The van der Waals surface area contributed by atoms with Gasteiger partial charge in [-0.05, 0) is 43.1 Å². The van der Waals surface area contributed by atoms with Crippen molar-refractivity contribution in [2.24, 2.45) is 0 Å². The fourth-order valence-corrected chi connectivity index (χ4v) is 2.87. The summed E-state index contributed by atoms with van der Waals surface area (Å²) in [6.07, 6.45) is 1.39. The van der Waals surface area contributed by atoms with Gasteiger partial charge in [0.15, 0.2) is 0 Å². The van der Waals surface area contributed by atoms with Gasteiger partial charge in [0.25, 0.3) is 0 Å². The van der Waals surface area contributed by atoms with E-state index in [0.717, 1.165) is 13.1 Å². The summed E-state index contributed by atoms with van der Waals surface area (Å²) in [6.45, 7) is 8.27. The minimum absolute atomic E-state index is 0.698. The third kappa shape index (κ3) is 1.76. The van der Waals surface area contributed by atoms with E-state index in [-0.39, 0.29) is 0 Å². The molecule has 1 unspecified atom stereocenters. The van der Waals surface area contributed by atoms with Crippen molar-refractivity contribution >= 4 is 0 Å². The number of aryl methyl sites for hydroxylation is 1. The first-order chi connectivity index (χ1) is 7.84.